The van der Waals surface area contributed by atoms with Gasteiger partial charge in [-0.25, -0.2) is 0 Å². The van der Waals surface area contributed by atoms with Crippen molar-refractivity contribution in [3.8, 4) is 11.5 Å². The highest BCUT2D eigenvalue weighted by Gasteiger charge is 2.07. The summed E-state index contributed by atoms with van der Waals surface area (Å²) >= 11 is 1.74. The lowest BCUT2D eigenvalue weighted by molar-refractivity contribution is 0.403. The maximum Gasteiger partial charge on any atom is 0.157 e. The Labute approximate surface area is 88.2 Å². The molecule has 14 heavy (non-hydrogen) atoms. The van der Waals surface area contributed by atoms with E-state index in [4.69, 9.17) is 5.11 Å². The molecule has 0 saturated carbocycles. The van der Waals surface area contributed by atoms with Crippen LogP contribution in [0.2, 0.25) is 0 Å². The first-order valence-corrected chi connectivity index (χ1v) is 5.48. The van der Waals surface area contributed by atoms with Crippen LogP contribution >= 0.6 is 11.8 Å². The van der Waals surface area contributed by atoms with Crippen molar-refractivity contribution in [2.24, 2.45) is 0 Å². The lowest BCUT2D eigenvalue weighted by Crippen LogP contribution is -2.05. The first kappa shape index (κ1) is 11.2. The number of aromatic hydroxyl groups is 2. The van der Waals surface area contributed by atoms with Crippen LogP contribution in [0, 0.1) is 0 Å². The lowest BCUT2D eigenvalue weighted by atomic mass is 10.1. The summed E-state index contributed by atoms with van der Waals surface area (Å²) in [5, 5.41) is 21.8. The monoisotopic (exact) mass is 213 g/mol. The smallest absolute Gasteiger partial charge is 0.157 e. The van der Waals surface area contributed by atoms with Gasteiger partial charge in [0.05, 0.1) is 0 Å². The number of benzene rings is 1. The summed E-state index contributed by atoms with van der Waals surface area (Å²) in [4.78, 5) is 0. The molecular formula is C10H15NO2S. The average Bonchev–Trinajstić information content (AvgIpc) is 2.18. The van der Waals surface area contributed by atoms with Crippen LogP contribution in [0.5, 0.6) is 11.5 Å². The van der Waals surface area contributed by atoms with E-state index in [-0.39, 0.29) is 11.5 Å². The molecule has 3 N–H and O–H groups in total. The molecule has 0 aliphatic rings. The Morgan fingerprint density at radius 3 is 2.64 bits per heavy atom. The van der Waals surface area contributed by atoms with Gasteiger partial charge in [-0.1, -0.05) is 6.07 Å². The molecular weight excluding hydrogens is 198 g/mol. The molecule has 1 unspecified atom stereocenters. The minimum atomic E-state index is -0.0698. The van der Waals surface area contributed by atoms with E-state index in [1.54, 1.807) is 17.8 Å². The number of nitrogens with one attached hydrogen (secondary N) is 1. The molecule has 0 heterocycles. The van der Waals surface area contributed by atoms with Crippen molar-refractivity contribution < 1.29 is 10.2 Å². The van der Waals surface area contributed by atoms with Crippen LogP contribution in [0.25, 0.3) is 0 Å². The third-order valence-corrected chi connectivity index (χ3v) is 3.17. The number of thioether (sulfide) groups is 1. The molecule has 1 rings (SSSR count). The number of rotatable bonds is 4. The van der Waals surface area contributed by atoms with E-state index in [0.29, 0.717) is 5.25 Å². The highest BCUT2D eigenvalue weighted by Crippen LogP contribution is 2.33. The van der Waals surface area contributed by atoms with Crippen molar-refractivity contribution in [3.05, 3.63) is 23.8 Å². The molecule has 0 radical (unpaired) electrons. The van der Waals surface area contributed by atoms with Gasteiger partial charge in [-0.2, -0.15) is 0 Å². The molecule has 78 valence electrons. The van der Waals surface area contributed by atoms with E-state index in [1.165, 1.54) is 6.07 Å². The largest absolute Gasteiger partial charge is 0.504 e. The van der Waals surface area contributed by atoms with Gasteiger partial charge in [0.15, 0.2) is 11.5 Å². The fourth-order valence-corrected chi connectivity index (χ4v) is 1.85. The van der Waals surface area contributed by atoms with Gasteiger partial charge in [0.2, 0.25) is 0 Å². The van der Waals surface area contributed by atoms with Gasteiger partial charge in [-0.3, -0.25) is 0 Å². The van der Waals surface area contributed by atoms with Gasteiger partial charge in [-0.05, 0) is 31.7 Å². The molecule has 0 fully saturated rings. The molecule has 1 atom stereocenters. The van der Waals surface area contributed by atoms with Crippen molar-refractivity contribution in [2.45, 2.75) is 12.2 Å². The number of phenolic OH excluding ortho intramolecular Hbond substituents is 2. The van der Waals surface area contributed by atoms with E-state index < -0.39 is 0 Å². The second kappa shape index (κ2) is 5.12. The van der Waals surface area contributed by atoms with Gasteiger partial charge in [-0.15, -0.1) is 11.8 Å². The molecule has 0 saturated heterocycles. The highest BCUT2D eigenvalue weighted by atomic mass is 32.2. The Hall–Kier alpha value is -0.870. The van der Waals surface area contributed by atoms with Crippen molar-refractivity contribution in [1.29, 1.82) is 0 Å². The third kappa shape index (κ3) is 2.82. The molecule has 0 aliphatic carbocycles. The molecule has 0 aromatic heterocycles. The van der Waals surface area contributed by atoms with Crippen molar-refractivity contribution in [2.75, 3.05) is 12.9 Å². The Morgan fingerprint density at radius 1 is 1.36 bits per heavy atom. The van der Waals surface area contributed by atoms with Gasteiger partial charge in [0, 0.05) is 11.1 Å². The molecule has 3 nitrogen and oxygen atoms in total. The molecule has 0 amide bonds. The topological polar surface area (TPSA) is 52.5 Å². The predicted molar refractivity (Wildman–Crippen MR) is 59.7 cm³/mol. The van der Waals surface area contributed by atoms with Crippen LogP contribution < -0.4 is 5.32 Å². The SMILES string of the molecule is CNCSC(C)c1ccc(O)c(O)c1. The standard InChI is InChI=1S/C10H15NO2S/c1-7(14-6-11-2)8-3-4-9(12)10(13)5-8/h3-5,7,11-13H,6H2,1-2H3. The third-order valence-electron chi connectivity index (χ3n) is 1.95. The molecule has 0 aliphatic heterocycles. The van der Waals surface area contributed by atoms with Crippen LogP contribution in [0.15, 0.2) is 18.2 Å². The number of hydrogen-bond acceptors (Lipinski definition) is 4. The normalized spacial score (nSPS) is 12.7. The van der Waals surface area contributed by atoms with Gasteiger partial charge in [0.1, 0.15) is 0 Å². The molecule has 4 heteroatoms. The van der Waals surface area contributed by atoms with E-state index >= 15 is 0 Å². The average molecular weight is 213 g/mol. The summed E-state index contributed by atoms with van der Waals surface area (Å²) in [7, 11) is 1.90. The summed E-state index contributed by atoms with van der Waals surface area (Å²) in [6.45, 7) is 2.06. The van der Waals surface area contributed by atoms with E-state index in [1.807, 2.05) is 13.1 Å². The Kier molecular flexibility index (Phi) is 4.10. The zero-order valence-corrected chi connectivity index (χ0v) is 9.14. The Balaban J connectivity index is 2.70. The summed E-state index contributed by atoms with van der Waals surface area (Å²) in [6, 6.07) is 4.94. The molecule has 0 bridgehead atoms. The minimum Gasteiger partial charge on any atom is -0.504 e. The number of phenols is 2. The maximum absolute atomic E-state index is 9.30. The van der Waals surface area contributed by atoms with E-state index in [0.717, 1.165) is 11.4 Å². The fraction of sp³-hybridized carbons (Fsp3) is 0.400. The van der Waals surface area contributed by atoms with Crippen molar-refractivity contribution in [1.82, 2.24) is 5.32 Å². The van der Waals surface area contributed by atoms with Crippen molar-refractivity contribution >= 4 is 11.8 Å². The summed E-state index contributed by atoms with van der Waals surface area (Å²) in [6.07, 6.45) is 0. The van der Waals surface area contributed by atoms with Gasteiger partial charge >= 0.3 is 0 Å². The Bertz CT molecular complexity index is 304. The van der Waals surface area contributed by atoms with Gasteiger partial charge < -0.3 is 15.5 Å². The highest BCUT2D eigenvalue weighted by molar-refractivity contribution is 7.99. The predicted octanol–water partition coefficient (Wildman–Crippen LogP) is 2.07. The summed E-state index contributed by atoms with van der Waals surface area (Å²) in [5.74, 6) is 0.738. The molecule has 0 spiro atoms. The van der Waals surface area contributed by atoms with Crippen LogP contribution in [-0.2, 0) is 0 Å². The zero-order valence-electron chi connectivity index (χ0n) is 8.32. The van der Waals surface area contributed by atoms with E-state index in [9.17, 15) is 5.11 Å². The summed E-state index contributed by atoms with van der Waals surface area (Å²) in [5.41, 5.74) is 1.01. The van der Waals surface area contributed by atoms with Crippen LogP contribution in [0.3, 0.4) is 0 Å². The lowest BCUT2D eigenvalue weighted by Gasteiger charge is -2.11. The van der Waals surface area contributed by atoms with Crippen LogP contribution in [0.4, 0.5) is 0 Å². The minimum absolute atomic E-state index is 0.0561. The molecule has 1 aromatic carbocycles. The summed E-state index contributed by atoms with van der Waals surface area (Å²) < 4.78 is 0. The molecule has 1 aromatic rings. The number of hydrogen-bond donors (Lipinski definition) is 3. The van der Waals surface area contributed by atoms with Crippen molar-refractivity contribution in [3.63, 3.8) is 0 Å². The zero-order chi connectivity index (χ0) is 10.6. The second-order valence-corrected chi connectivity index (χ2v) is 4.38. The Morgan fingerprint density at radius 2 is 2.07 bits per heavy atom. The van der Waals surface area contributed by atoms with E-state index in [2.05, 4.69) is 12.2 Å². The first-order valence-electron chi connectivity index (χ1n) is 4.43. The fourth-order valence-electron chi connectivity index (χ4n) is 1.10. The maximum atomic E-state index is 9.30. The van der Waals surface area contributed by atoms with Gasteiger partial charge in [0.25, 0.3) is 0 Å². The first-order chi connectivity index (χ1) is 6.65. The van der Waals surface area contributed by atoms with Crippen LogP contribution in [0.1, 0.15) is 17.7 Å². The van der Waals surface area contributed by atoms with Crippen LogP contribution in [-0.4, -0.2) is 23.1 Å². The quantitative estimate of drug-likeness (QED) is 0.529. The second-order valence-electron chi connectivity index (χ2n) is 3.05.